The molecule has 4 rings (SSSR count). The second kappa shape index (κ2) is 5.85. The van der Waals surface area contributed by atoms with Gasteiger partial charge in [0.05, 0.1) is 5.52 Å². The minimum Gasteiger partial charge on any atom is -0.256 e. The van der Waals surface area contributed by atoms with Crippen LogP contribution in [0.2, 0.25) is 0 Å². The Bertz CT molecular complexity index is 1010. The van der Waals surface area contributed by atoms with Gasteiger partial charge in [0, 0.05) is 11.6 Å². The first-order valence-corrected chi connectivity index (χ1v) is 7.61. The second-order valence-electron chi connectivity index (χ2n) is 5.60. The van der Waals surface area contributed by atoms with Crippen molar-refractivity contribution in [2.45, 2.75) is 0 Å². The highest BCUT2D eigenvalue weighted by molar-refractivity contribution is 5.96. The number of aromatic nitrogens is 1. The van der Waals surface area contributed by atoms with Gasteiger partial charge >= 0.3 is 0 Å². The second-order valence-corrected chi connectivity index (χ2v) is 5.60. The van der Waals surface area contributed by atoms with Gasteiger partial charge in [0.1, 0.15) is 11.6 Å². The third-order valence-electron chi connectivity index (χ3n) is 4.07. The van der Waals surface area contributed by atoms with Crippen LogP contribution < -0.4 is 0 Å². The predicted octanol–water partition coefficient (Wildman–Crippen LogP) is 5.85. The average molecular weight is 317 g/mol. The van der Waals surface area contributed by atoms with Crippen LogP contribution in [0.3, 0.4) is 0 Å². The molecule has 3 aromatic carbocycles. The Kier molecular flexibility index (Phi) is 3.54. The van der Waals surface area contributed by atoms with Crippen molar-refractivity contribution in [3.8, 4) is 22.3 Å². The van der Waals surface area contributed by atoms with Gasteiger partial charge in [0.15, 0.2) is 0 Å². The van der Waals surface area contributed by atoms with Crippen LogP contribution in [0.25, 0.3) is 33.2 Å². The molecule has 1 nitrogen and oxygen atoms in total. The summed E-state index contributed by atoms with van der Waals surface area (Å²) in [5.74, 6) is -0.516. The van der Waals surface area contributed by atoms with Gasteiger partial charge in [0.25, 0.3) is 0 Å². The van der Waals surface area contributed by atoms with E-state index in [1.54, 1.807) is 30.5 Å². The molecule has 0 saturated heterocycles. The van der Waals surface area contributed by atoms with E-state index in [-0.39, 0.29) is 11.6 Å². The maximum absolute atomic E-state index is 13.2. The maximum Gasteiger partial charge on any atom is 0.123 e. The van der Waals surface area contributed by atoms with E-state index < -0.39 is 0 Å². The molecule has 0 aliphatic heterocycles. The zero-order valence-corrected chi connectivity index (χ0v) is 12.7. The fraction of sp³-hybridized carbons (Fsp3) is 0. The van der Waals surface area contributed by atoms with Crippen LogP contribution in [-0.4, -0.2) is 4.98 Å². The van der Waals surface area contributed by atoms with E-state index in [0.29, 0.717) is 0 Å². The number of hydrogen-bond donors (Lipinski definition) is 0. The number of benzene rings is 3. The lowest BCUT2D eigenvalue weighted by atomic mass is 9.97. The van der Waals surface area contributed by atoms with Crippen LogP contribution >= 0.6 is 0 Å². The molecule has 116 valence electrons. The van der Waals surface area contributed by atoms with Crippen molar-refractivity contribution in [1.82, 2.24) is 4.98 Å². The zero-order valence-electron chi connectivity index (χ0n) is 12.7. The highest BCUT2D eigenvalue weighted by atomic mass is 19.1. The SMILES string of the molecule is Fc1ccc(-c2ccc3nccc(-c4ccc(F)cc4)c3c2)cc1. The van der Waals surface area contributed by atoms with E-state index in [0.717, 1.165) is 33.2 Å². The van der Waals surface area contributed by atoms with Gasteiger partial charge in [-0.05, 0) is 64.7 Å². The van der Waals surface area contributed by atoms with Crippen molar-refractivity contribution in [2.75, 3.05) is 0 Å². The molecule has 0 fully saturated rings. The van der Waals surface area contributed by atoms with E-state index in [1.165, 1.54) is 24.3 Å². The first-order chi connectivity index (χ1) is 11.7. The molecule has 0 radical (unpaired) electrons. The molecule has 4 aromatic rings. The molecule has 0 atom stereocenters. The Morgan fingerprint density at radius 1 is 0.583 bits per heavy atom. The van der Waals surface area contributed by atoms with E-state index in [2.05, 4.69) is 4.98 Å². The molecule has 1 heterocycles. The molecule has 0 aliphatic rings. The van der Waals surface area contributed by atoms with E-state index in [9.17, 15) is 8.78 Å². The summed E-state index contributed by atoms with van der Waals surface area (Å²) in [6.45, 7) is 0. The summed E-state index contributed by atoms with van der Waals surface area (Å²) in [6, 6.07) is 20.7. The number of rotatable bonds is 2. The van der Waals surface area contributed by atoms with Crippen molar-refractivity contribution >= 4 is 10.9 Å². The summed E-state index contributed by atoms with van der Waals surface area (Å²) < 4.78 is 26.3. The molecule has 0 unspecified atom stereocenters. The van der Waals surface area contributed by atoms with Crippen molar-refractivity contribution < 1.29 is 8.78 Å². The zero-order chi connectivity index (χ0) is 16.5. The van der Waals surface area contributed by atoms with Crippen molar-refractivity contribution in [3.63, 3.8) is 0 Å². The van der Waals surface area contributed by atoms with Gasteiger partial charge in [0.2, 0.25) is 0 Å². The molecule has 0 saturated carbocycles. The Morgan fingerprint density at radius 3 is 1.83 bits per heavy atom. The summed E-state index contributed by atoms with van der Waals surface area (Å²) >= 11 is 0. The Morgan fingerprint density at radius 2 is 1.17 bits per heavy atom. The maximum atomic E-state index is 13.2. The predicted molar refractivity (Wildman–Crippen MR) is 92.5 cm³/mol. The first kappa shape index (κ1) is 14.5. The number of halogens is 2. The van der Waals surface area contributed by atoms with Crippen LogP contribution in [0.5, 0.6) is 0 Å². The van der Waals surface area contributed by atoms with Crippen molar-refractivity contribution in [1.29, 1.82) is 0 Å². The molecule has 3 heteroatoms. The lowest BCUT2D eigenvalue weighted by molar-refractivity contribution is 0.627. The third kappa shape index (κ3) is 2.65. The Hall–Kier alpha value is -3.07. The largest absolute Gasteiger partial charge is 0.256 e. The summed E-state index contributed by atoms with van der Waals surface area (Å²) in [6.07, 6.45) is 1.75. The lowest BCUT2D eigenvalue weighted by Crippen LogP contribution is -1.87. The molecule has 1 aromatic heterocycles. The number of nitrogens with zero attached hydrogens (tertiary/aromatic N) is 1. The Balaban J connectivity index is 1.90. The summed E-state index contributed by atoms with van der Waals surface area (Å²) in [5, 5.41) is 0.978. The summed E-state index contributed by atoms with van der Waals surface area (Å²) in [4.78, 5) is 4.40. The van der Waals surface area contributed by atoms with Crippen LogP contribution in [0, 0.1) is 11.6 Å². The topological polar surface area (TPSA) is 12.9 Å². The summed E-state index contributed by atoms with van der Waals surface area (Å²) in [5.41, 5.74) is 4.71. The Labute approximate surface area is 138 Å². The summed E-state index contributed by atoms with van der Waals surface area (Å²) in [7, 11) is 0. The monoisotopic (exact) mass is 317 g/mol. The van der Waals surface area contributed by atoms with Crippen LogP contribution in [0.4, 0.5) is 8.78 Å². The number of fused-ring (bicyclic) bond motifs is 1. The molecule has 24 heavy (non-hydrogen) atoms. The molecule has 0 bridgehead atoms. The fourth-order valence-electron chi connectivity index (χ4n) is 2.85. The van der Waals surface area contributed by atoms with E-state index in [4.69, 9.17) is 0 Å². The molecular formula is C21H13F2N. The third-order valence-corrected chi connectivity index (χ3v) is 4.07. The van der Waals surface area contributed by atoms with Gasteiger partial charge in [-0.15, -0.1) is 0 Å². The van der Waals surface area contributed by atoms with Crippen molar-refractivity contribution in [3.05, 3.63) is 90.6 Å². The lowest BCUT2D eigenvalue weighted by Gasteiger charge is -2.09. The van der Waals surface area contributed by atoms with E-state index >= 15 is 0 Å². The van der Waals surface area contributed by atoms with Crippen LogP contribution in [0.15, 0.2) is 79.0 Å². The number of pyridine rings is 1. The molecule has 0 spiro atoms. The fourth-order valence-corrected chi connectivity index (χ4v) is 2.85. The minimum absolute atomic E-state index is 0.256. The van der Waals surface area contributed by atoms with Gasteiger partial charge in [-0.2, -0.15) is 0 Å². The molecule has 0 N–H and O–H groups in total. The molecule has 0 amide bonds. The van der Waals surface area contributed by atoms with Crippen molar-refractivity contribution in [2.24, 2.45) is 0 Å². The van der Waals surface area contributed by atoms with Crippen LogP contribution in [0.1, 0.15) is 0 Å². The van der Waals surface area contributed by atoms with Gasteiger partial charge in [-0.3, -0.25) is 4.98 Å². The number of hydrogen-bond acceptors (Lipinski definition) is 1. The van der Waals surface area contributed by atoms with E-state index in [1.807, 2.05) is 24.3 Å². The molecular weight excluding hydrogens is 304 g/mol. The van der Waals surface area contributed by atoms with Crippen LogP contribution in [-0.2, 0) is 0 Å². The van der Waals surface area contributed by atoms with Gasteiger partial charge in [-0.25, -0.2) is 8.78 Å². The molecule has 0 aliphatic carbocycles. The average Bonchev–Trinajstić information content (AvgIpc) is 2.62. The highest BCUT2D eigenvalue weighted by Gasteiger charge is 2.07. The first-order valence-electron chi connectivity index (χ1n) is 7.61. The smallest absolute Gasteiger partial charge is 0.123 e. The highest BCUT2D eigenvalue weighted by Crippen LogP contribution is 2.31. The minimum atomic E-state index is -0.260. The standard InChI is InChI=1S/C21H13F2N/c22-17-6-1-14(2-7-17)16-5-10-21-20(13-16)19(11-12-24-21)15-3-8-18(23)9-4-15/h1-13H. The van der Waals surface area contributed by atoms with Gasteiger partial charge in [-0.1, -0.05) is 30.3 Å². The quantitative estimate of drug-likeness (QED) is 0.452. The normalized spacial score (nSPS) is 10.9. The van der Waals surface area contributed by atoms with Gasteiger partial charge < -0.3 is 0 Å².